The highest BCUT2D eigenvalue weighted by Gasteiger charge is 2.51. The minimum atomic E-state index is -0.738. The van der Waals surface area contributed by atoms with Crippen LogP contribution in [0.5, 0.6) is 0 Å². The molecule has 4 nitrogen and oxygen atoms in total. The van der Waals surface area contributed by atoms with Gasteiger partial charge in [0.15, 0.2) is 6.10 Å². The predicted molar refractivity (Wildman–Crippen MR) is 88.2 cm³/mol. The van der Waals surface area contributed by atoms with Gasteiger partial charge in [0.25, 0.3) is 5.91 Å². The second-order valence-electron chi connectivity index (χ2n) is 7.71. The number of esters is 1. The van der Waals surface area contributed by atoms with Gasteiger partial charge in [0.1, 0.15) is 4.88 Å². The summed E-state index contributed by atoms with van der Waals surface area (Å²) in [4.78, 5) is 25.1. The second kappa shape index (κ2) is 5.62. The molecular weight excluding hydrogens is 310 g/mol. The molecule has 5 heteroatoms. The Kier molecular flexibility index (Phi) is 3.71. The van der Waals surface area contributed by atoms with E-state index < -0.39 is 12.1 Å². The molecule has 0 aromatic carbocycles. The van der Waals surface area contributed by atoms with Crippen LogP contribution in [-0.2, 0) is 9.53 Å². The van der Waals surface area contributed by atoms with Crippen LogP contribution in [0.4, 0.5) is 0 Å². The van der Waals surface area contributed by atoms with Crippen LogP contribution in [0.15, 0.2) is 17.5 Å². The maximum absolute atomic E-state index is 12.5. The highest BCUT2D eigenvalue weighted by Crippen LogP contribution is 2.55. The van der Waals surface area contributed by atoms with Gasteiger partial charge in [-0.25, -0.2) is 4.79 Å². The van der Waals surface area contributed by atoms with Crippen molar-refractivity contribution in [3.05, 3.63) is 22.4 Å². The fourth-order valence-corrected chi connectivity index (χ4v) is 5.90. The Labute approximate surface area is 140 Å². The minimum Gasteiger partial charge on any atom is -0.448 e. The number of nitrogens with one attached hydrogen (secondary N) is 1. The molecule has 1 aromatic rings. The van der Waals surface area contributed by atoms with Gasteiger partial charge in [0, 0.05) is 5.54 Å². The molecule has 0 aliphatic heterocycles. The molecule has 124 valence electrons. The number of hydrogen-bond donors (Lipinski definition) is 1. The average molecular weight is 333 g/mol. The summed E-state index contributed by atoms with van der Waals surface area (Å²) in [5.41, 5.74) is -0.0323. The van der Waals surface area contributed by atoms with Crippen LogP contribution in [0.25, 0.3) is 0 Å². The number of carbonyl (C=O) groups excluding carboxylic acids is 2. The summed E-state index contributed by atoms with van der Waals surface area (Å²) in [7, 11) is 0. The van der Waals surface area contributed by atoms with E-state index in [1.165, 1.54) is 30.6 Å². The lowest BCUT2D eigenvalue weighted by Gasteiger charge is -2.57. The highest BCUT2D eigenvalue weighted by atomic mass is 32.1. The van der Waals surface area contributed by atoms with E-state index in [1.807, 2.05) is 5.38 Å². The summed E-state index contributed by atoms with van der Waals surface area (Å²) >= 11 is 1.33. The quantitative estimate of drug-likeness (QED) is 0.860. The number of hydrogen-bond acceptors (Lipinski definition) is 4. The lowest BCUT2D eigenvalue weighted by molar-refractivity contribution is -0.134. The van der Waals surface area contributed by atoms with Crippen molar-refractivity contribution < 1.29 is 14.3 Å². The number of ether oxygens (including phenoxy) is 1. The Morgan fingerprint density at radius 1 is 1.22 bits per heavy atom. The van der Waals surface area contributed by atoms with E-state index in [4.69, 9.17) is 4.74 Å². The number of rotatable bonds is 4. The standard InChI is InChI=1S/C18H23NO3S/c1-11(22-17(21)15-3-2-4-23-15)16(20)19-18-8-12-5-13(9-18)7-14(6-12)10-18/h2-4,11-14H,5-10H2,1H3,(H,19,20)/t11-,12?,13?,14?,18?/m1/s1. The summed E-state index contributed by atoms with van der Waals surface area (Å²) < 4.78 is 5.33. The number of carbonyl (C=O) groups is 2. The Bertz CT molecular complexity index is 575. The molecule has 0 unspecified atom stereocenters. The van der Waals surface area contributed by atoms with Gasteiger partial charge >= 0.3 is 5.97 Å². The molecule has 23 heavy (non-hydrogen) atoms. The molecule has 1 aromatic heterocycles. The number of amides is 1. The molecule has 4 saturated carbocycles. The third kappa shape index (κ3) is 2.91. The largest absolute Gasteiger partial charge is 0.448 e. The molecule has 1 atom stereocenters. The maximum atomic E-state index is 12.5. The monoisotopic (exact) mass is 333 g/mol. The van der Waals surface area contributed by atoms with E-state index >= 15 is 0 Å². The van der Waals surface area contributed by atoms with Gasteiger partial charge in [-0.15, -0.1) is 11.3 Å². The summed E-state index contributed by atoms with van der Waals surface area (Å²) in [6.45, 7) is 1.67. The summed E-state index contributed by atoms with van der Waals surface area (Å²) in [6.07, 6.45) is 6.62. The molecule has 4 aliphatic rings. The lowest BCUT2D eigenvalue weighted by atomic mass is 9.53. The zero-order valence-electron chi connectivity index (χ0n) is 13.4. The fourth-order valence-electron chi connectivity index (χ4n) is 5.29. The Hall–Kier alpha value is -1.36. The van der Waals surface area contributed by atoms with E-state index in [0.29, 0.717) is 4.88 Å². The molecule has 1 N–H and O–H groups in total. The summed E-state index contributed by atoms with van der Waals surface area (Å²) in [6, 6.07) is 3.53. The molecule has 4 fully saturated rings. The molecular formula is C18H23NO3S. The Balaban J connectivity index is 1.39. The van der Waals surface area contributed by atoms with Crippen LogP contribution in [0.2, 0.25) is 0 Å². The molecule has 1 amide bonds. The SMILES string of the molecule is C[C@@H](OC(=O)c1cccs1)C(=O)NC12CC3CC(CC(C3)C1)C2. The maximum Gasteiger partial charge on any atom is 0.349 e. The first-order valence-electron chi connectivity index (χ1n) is 8.59. The second-order valence-corrected chi connectivity index (χ2v) is 8.66. The molecule has 0 saturated heterocycles. The van der Waals surface area contributed by atoms with Crippen LogP contribution in [0.1, 0.15) is 55.1 Å². The molecule has 5 rings (SSSR count). The third-order valence-corrected chi connectivity index (χ3v) is 6.65. The van der Waals surface area contributed by atoms with Crippen molar-refractivity contribution in [1.29, 1.82) is 0 Å². The first-order chi connectivity index (χ1) is 11.0. The van der Waals surface area contributed by atoms with Crippen LogP contribution in [0, 0.1) is 17.8 Å². The topological polar surface area (TPSA) is 55.4 Å². The van der Waals surface area contributed by atoms with Crippen LogP contribution in [0.3, 0.4) is 0 Å². The van der Waals surface area contributed by atoms with Gasteiger partial charge in [-0.2, -0.15) is 0 Å². The van der Waals surface area contributed by atoms with Crippen molar-refractivity contribution in [1.82, 2.24) is 5.32 Å². The predicted octanol–water partition coefficient (Wildman–Crippen LogP) is 3.38. The summed E-state index contributed by atoms with van der Waals surface area (Å²) in [5, 5.41) is 5.09. The van der Waals surface area contributed by atoms with Gasteiger partial charge in [-0.3, -0.25) is 4.79 Å². The molecule has 4 bridgehead atoms. The van der Waals surface area contributed by atoms with E-state index in [2.05, 4.69) is 5.32 Å². The molecule has 0 spiro atoms. The zero-order valence-corrected chi connectivity index (χ0v) is 14.2. The Morgan fingerprint density at radius 2 is 1.83 bits per heavy atom. The third-order valence-electron chi connectivity index (χ3n) is 5.80. The van der Waals surface area contributed by atoms with Crippen LogP contribution < -0.4 is 5.32 Å². The molecule has 0 radical (unpaired) electrons. The first kappa shape index (κ1) is 15.2. The van der Waals surface area contributed by atoms with Crippen molar-refractivity contribution in [2.75, 3.05) is 0 Å². The van der Waals surface area contributed by atoms with E-state index in [1.54, 1.807) is 19.1 Å². The van der Waals surface area contributed by atoms with Gasteiger partial charge in [-0.05, 0) is 74.6 Å². The molecule has 1 heterocycles. The Morgan fingerprint density at radius 3 is 2.35 bits per heavy atom. The minimum absolute atomic E-state index is 0.0323. The molecule has 4 aliphatic carbocycles. The van der Waals surface area contributed by atoms with Gasteiger partial charge in [0.2, 0.25) is 0 Å². The van der Waals surface area contributed by atoms with Gasteiger partial charge in [-0.1, -0.05) is 6.07 Å². The van der Waals surface area contributed by atoms with Gasteiger partial charge < -0.3 is 10.1 Å². The van der Waals surface area contributed by atoms with Crippen molar-refractivity contribution >= 4 is 23.2 Å². The van der Waals surface area contributed by atoms with E-state index in [0.717, 1.165) is 37.0 Å². The average Bonchev–Trinajstić information content (AvgIpc) is 2.99. The van der Waals surface area contributed by atoms with Crippen molar-refractivity contribution in [3.8, 4) is 0 Å². The lowest BCUT2D eigenvalue weighted by Crippen LogP contribution is -2.61. The van der Waals surface area contributed by atoms with Crippen LogP contribution in [-0.4, -0.2) is 23.5 Å². The van der Waals surface area contributed by atoms with Crippen molar-refractivity contribution in [3.63, 3.8) is 0 Å². The normalized spacial score (nSPS) is 35.8. The van der Waals surface area contributed by atoms with Gasteiger partial charge in [0.05, 0.1) is 0 Å². The van der Waals surface area contributed by atoms with Crippen molar-refractivity contribution in [2.24, 2.45) is 17.8 Å². The van der Waals surface area contributed by atoms with Crippen molar-refractivity contribution in [2.45, 2.75) is 57.1 Å². The first-order valence-corrected chi connectivity index (χ1v) is 9.47. The number of thiophene rings is 1. The zero-order chi connectivity index (χ0) is 16.0. The summed E-state index contributed by atoms with van der Waals surface area (Å²) in [5.74, 6) is 1.80. The fraction of sp³-hybridized carbons (Fsp3) is 0.667. The smallest absolute Gasteiger partial charge is 0.349 e. The van der Waals surface area contributed by atoms with E-state index in [9.17, 15) is 9.59 Å². The van der Waals surface area contributed by atoms with E-state index in [-0.39, 0.29) is 11.4 Å². The van der Waals surface area contributed by atoms with Crippen LogP contribution >= 0.6 is 11.3 Å². The highest BCUT2D eigenvalue weighted by molar-refractivity contribution is 7.11.